The number of Topliss-reactive ketones (excluding diaryl/α,β-unsaturated/α-hetero) is 1. The fourth-order valence-corrected chi connectivity index (χ4v) is 7.89. The van der Waals surface area contributed by atoms with Gasteiger partial charge in [0, 0.05) is 15.5 Å². The number of nitrogens with one attached hydrogen (secondary N) is 1. The zero-order valence-electron chi connectivity index (χ0n) is 19.3. The number of aliphatic hydroxyl groups excluding tert-OH is 2. The quantitative estimate of drug-likeness (QED) is 0.470. The maximum atomic E-state index is 13.5. The molecule has 5 fully saturated rings. The normalized spacial score (nSPS) is 43.3. The van der Waals surface area contributed by atoms with Crippen LogP contribution in [0.25, 0.3) is 0 Å². The van der Waals surface area contributed by atoms with Crippen LogP contribution in [0.2, 0.25) is 0 Å². The molecule has 1 heterocycles. The van der Waals surface area contributed by atoms with Gasteiger partial charge in [-0.1, -0.05) is 32.9 Å². The van der Waals surface area contributed by atoms with Crippen molar-refractivity contribution >= 4 is 28.4 Å². The first-order chi connectivity index (χ1) is 15.1. The molecule has 7 heteroatoms. The minimum Gasteiger partial charge on any atom is -0.394 e. The van der Waals surface area contributed by atoms with Gasteiger partial charge in [0.15, 0.2) is 5.78 Å². The number of hydrogen-bond acceptors (Lipinski definition) is 6. The Kier molecular flexibility index (Phi) is 5.78. The lowest BCUT2D eigenvalue weighted by atomic mass is 9.45. The van der Waals surface area contributed by atoms with E-state index in [9.17, 15) is 15.0 Å². The van der Waals surface area contributed by atoms with E-state index in [0.29, 0.717) is 35.8 Å². The summed E-state index contributed by atoms with van der Waals surface area (Å²) in [6.07, 6.45) is 1.02. The minimum atomic E-state index is -0.931. The van der Waals surface area contributed by atoms with E-state index in [4.69, 9.17) is 4.84 Å². The fourth-order valence-electron chi connectivity index (χ4n) is 7.28. The molecule has 1 aliphatic heterocycles. The smallest absolute Gasteiger partial charge is 0.177 e. The second-order valence-corrected chi connectivity index (χ2v) is 12.4. The summed E-state index contributed by atoms with van der Waals surface area (Å²) in [7, 11) is 0. The predicted octanol–water partition coefficient (Wildman–Crippen LogP) is 2.75. The van der Waals surface area contributed by atoms with Gasteiger partial charge < -0.3 is 15.5 Å². The summed E-state index contributed by atoms with van der Waals surface area (Å²) >= 11 is 2.28. The second kappa shape index (κ2) is 7.99. The maximum Gasteiger partial charge on any atom is 0.177 e. The van der Waals surface area contributed by atoms with E-state index in [1.807, 2.05) is 18.2 Å². The van der Waals surface area contributed by atoms with Crippen LogP contribution < -0.4 is 5.32 Å². The zero-order valence-corrected chi connectivity index (χ0v) is 21.5. The summed E-state index contributed by atoms with van der Waals surface area (Å²) in [6, 6.07) is 8.05. The van der Waals surface area contributed by atoms with Gasteiger partial charge in [-0.25, -0.2) is 0 Å². The average molecular weight is 554 g/mol. The van der Waals surface area contributed by atoms with Gasteiger partial charge in [0.2, 0.25) is 0 Å². The highest BCUT2D eigenvalue weighted by Gasteiger charge is 2.78. The number of halogens is 1. The van der Waals surface area contributed by atoms with E-state index >= 15 is 0 Å². The van der Waals surface area contributed by atoms with Gasteiger partial charge >= 0.3 is 0 Å². The molecule has 1 aromatic carbocycles. The van der Waals surface area contributed by atoms with Crippen molar-refractivity contribution in [3.05, 3.63) is 33.4 Å². The molecule has 1 saturated heterocycles. The van der Waals surface area contributed by atoms with Crippen molar-refractivity contribution in [2.24, 2.45) is 29.1 Å². The molecule has 176 valence electrons. The maximum absolute atomic E-state index is 13.5. The topological polar surface area (TPSA) is 82.0 Å². The van der Waals surface area contributed by atoms with E-state index in [-0.39, 0.29) is 18.4 Å². The van der Waals surface area contributed by atoms with Crippen molar-refractivity contribution in [2.45, 2.75) is 76.9 Å². The van der Waals surface area contributed by atoms with Crippen molar-refractivity contribution in [2.75, 3.05) is 6.61 Å². The third-order valence-corrected chi connectivity index (χ3v) is 9.92. The minimum absolute atomic E-state index is 0.0793. The molecule has 1 aromatic rings. The Morgan fingerprint density at radius 2 is 2.09 bits per heavy atom. The number of aliphatic hydroxyl groups is 2. The number of benzene rings is 1. The van der Waals surface area contributed by atoms with E-state index in [1.165, 1.54) is 6.42 Å². The van der Waals surface area contributed by atoms with Crippen LogP contribution in [0.15, 0.2) is 24.3 Å². The molecular weight excluding hydrogens is 519 g/mol. The van der Waals surface area contributed by atoms with Gasteiger partial charge in [-0.15, -0.1) is 0 Å². The number of rotatable bonds is 6. The molecule has 2 bridgehead atoms. The number of hydroxylamine groups is 2. The van der Waals surface area contributed by atoms with Crippen LogP contribution in [0.4, 0.5) is 0 Å². The van der Waals surface area contributed by atoms with E-state index < -0.39 is 23.7 Å². The van der Waals surface area contributed by atoms with Gasteiger partial charge in [0.05, 0.1) is 25.3 Å². The average Bonchev–Trinajstić information content (AvgIpc) is 3.14. The Morgan fingerprint density at radius 1 is 1.34 bits per heavy atom. The lowest BCUT2D eigenvalue weighted by molar-refractivity contribution is -0.185. The highest BCUT2D eigenvalue weighted by Crippen LogP contribution is 2.62. The molecule has 1 spiro atoms. The van der Waals surface area contributed by atoms with Crippen LogP contribution in [-0.4, -0.2) is 57.5 Å². The highest BCUT2D eigenvalue weighted by atomic mass is 127. The lowest BCUT2D eigenvalue weighted by Crippen LogP contribution is -2.61. The van der Waals surface area contributed by atoms with Crippen LogP contribution in [0.5, 0.6) is 0 Å². The Labute approximate surface area is 204 Å². The molecule has 1 unspecified atom stereocenters. The molecule has 0 amide bonds. The number of carbonyl (C=O) groups is 1. The molecule has 6 nitrogen and oxygen atoms in total. The van der Waals surface area contributed by atoms with E-state index in [2.05, 4.69) is 54.7 Å². The first kappa shape index (κ1) is 23.2. The van der Waals surface area contributed by atoms with Crippen LogP contribution >= 0.6 is 22.6 Å². The Balaban J connectivity index is 1.41. The van der Waals surface area contributed by atoms with E-state index in [0.717, 1.165) is 15.6 Å². The van der Waals surface area contributed by atoms with Crippen LogP contribution in [-0.2, 0) is 16.2 Å². The third kappa shape index (κ3) is 3.26. The number of hydrogen-bond donors (Lipinski definition) is 3. The SMILES string of the molecule is C[C@@H]1[C@@H](NC2C(=O)[C@@]23[C@H]([C@H](C)O)[C@H](CO)ON3Cc2cccc(I)c2)C[C@H]2C[C@@H]1C2(C)C. The molecule has 32 heavy (non-hydrogen) atoms. The zero-order chi connectivity index (χ0) is 23.0. The summed E-state index contributed by atoms with van der Waals surface area (Å²) in [6.45, 7) is 9.00. The summed E-state index contributed by atoms with van der Waals surface area (Å²) in [5, 5.41) is 26.2. The summed E-state index contributed by atoms with van der Waals surface area (Å²) in [5.74, 6) is 1.50. The van der Waals surface area contributed by atoms with Crippen molar-refractivity contribution in [3.63, 3.8) is 0 Å². The number of carbonyl (C=O) groups excluding carboxylic acids is 1. The third-order valence-electron chi connectivity index (χ3n) is 9.25. The Hall–Kier alpha value is -0.580. The molecule has 0 radical (unpaired) electrons. The van der Waals surface area contributed by atoms with Crippen LogP contribution in [0.1, 0.15) is 46.1 Å². The first-order valence-electron chi connectivity index (χ1n) is 11.9. The van der Waals surface area contributed by atoms with Crippen molar-refractivity contribution < 1.29 is 19.8 Å². The Bertz CT molecular complexity index is 908. The standard InChI is InChI=1S/C25H35IN2O4/c1-13-18-9-16(24(18,3)4)10-19(13)27-22-23(31)25(22)21(14(2)30)20(12-29)32-28(25)11-15-6-5-7-17(26)8-15/h5-8,13-14,16,18-22,27,29-30H,9-12H2,1-4H3/t13-,14-,16+,18-,19-,20-,21+,22?,25+/m0/s1. The van der Waals surface area contributed by atoms with Gasteiger partial charge in [-0.05, 0) is 83.2 Å². The van der Waals surface area contributed by atoms with Crippen molar-refractivity contribution in [3.8, 4) is 0 Å². The number of fused-ring (bicyclic) bond motifs is 2. The number of ketones is 1. The molecule has 4 saturated carbocycles. The molecular formula is C25H35IN2O4. The predicted molar refractivity (Wildman–Crippen MR) is 129 cm³/mol. The Morgan fingerprint density at radius 3 is 2.69 bits per heavy atom. The fraction of sp³-hybridized carbons (Fsp3) is 0.720. The molecule has 3 N–H and O–H groups in total. The van der Waals surface area contributed by atoms with Gasteiger partial charge in [-0.2, -0.15) is 5.06 Å². The van der Waals surface area contributed by atoms with Crippen LogP contribution in [0, 0.1) is 32.7 Å². The summed E-state index contributed by atoms with van der Waals surface area (Å²) < 4.78 is 1.12. The highest BCUT2D eigenvalue weighted by molar-refractivity contribution is 14.1. The summed E-state index contributed by atoms with van der Waals surface area (Å²) in [5.41, 5.74) is 0.506. The largest absolute Gasteiger partial charge is 0.394 e. The lowest BCUT2D eigenvalue weighted by Gasteiger charge is -2.62. The number of nitrogens with zero attached hydrogens (tertiary/aromatic N) is 1. The molecule has 5 aliphatic rings. The van der Waals surface area contributed by atoms with Gasteiger partial charge in [-0.3, -0.25) is 9.63 Å². The second-order valence-electron chi connectivity index (χ2n) is 11.1. The van der Waals surface area contributed by atoms with Gasteiger partial charge in [0.1, 0.15) is 11.6 Å². The first-order valence-corrected chi connectivity index (χ1v) is 13.0. The van der Waals surface area contributed by atoms with Crippen molar-refractivity contribution in [1.29, 1.82) is 0 Å². The molecule has 4 aliphatic carbocycles. The van der Waals surface area contributed by atoms with Crippen LogP contribution in [0.3, 0.4) is 0 Å². The molecule has 9 atom stereocenters. The van der Waals surface area contributed by atoms with Gasteiger partial charge in [0.25, 0.3) is 0 Å². The van der Waals surface area contributed by atoms with Crippen molar-refractivity contribution in [1.82, 2.24) is 10.4 Å². The monoisotopic (exact) mass is 554 g/mol. The molecule has 0 aromatic heterocycles. The molecule has 6 rings (SSSR count). The van der Waals surface area contributed by atoms with E-state index in [1.54, 1.807) is 12.0 Å². The summed E-state index contributed by atoms with van der Waals surface area (Å²) in [4.78, 5) is 19.7.